The van der Waals surface area contributed by atoms with Crippen LogP contribution in [0.15, 0.2) is 58.9 Å². The van der Waals surface area contributed by atoms with Crippen molar-refractivity contribution in [2.75, 3.05) is 0 Å². The molecule has 86 valence electrons. The first kappa shape index (κ1) is 11.9. The van der Waals surface area contributed by atoms with Crippen molar-refractivity contribution in [1.29, 1.82) is 0 Å². The molecule has 3 nitrogen and oxygen atoms in total. The summed E-state index contributed by atoms with van der Waals surface area (Å²) in [7, 11) is 0. The van der Waals surface area contributed by atoms with Gasteiger partial charge in [-0.25, -0.2) is 0 Å². The zero-order valence-corrected chi connectivity index (χ0v) is 10.2. The zero-order valence-electron chi connectivity index (χ0n) is 8.72. The maximum absolute atomic E-state index is 5.75. The van der Waals surface area contributed by atoms with Crippen LogP contribution in [0.3, 0.4) is 0 Å². The highest BCUT2D eigenvalue weighted by atomic mass is 35.5. The van der Waals surface area contributed by atoms with Gasteiger partial charge >= 0.3 is 0 Å². The first-order valence-corrected chi connectivity index (χ1v) is 5.62. The van der Waals surface area contributed by atoms with Gasteiger partial charge < -0.3 is 10.5 Å². The van der Waals surface area contributed by atoms with Gasteiger partial charge in [0.05, 0.1) is 0 Å². The van der Waals surface area contributed by atoms with Gasteiger partial charge in [0.15, 0.2) is 0 Å². The van der Waals surface area contributed by atoms with E-state index in [1.54, 1.807) is 48.5 Å². The lowest BCUT2D eigenvalue weighted by Gasteiger charge is -2.07. The minimum Gasteiger partial charge on any atom is -0.350 e. The molecule has 0 aliphatic carbocycles. The van der Waals surface area contributed by atoms with Crippen molar-refractivity contribution in [3.05, 3.63) is 64.0 Å². The summed E-state index contributed by atoms with van der Waals surface area (Å²) in [5.74, 6) is 0. The molecule has 0 amide bonds. The molecule has 17 heavy (non-hydrogen) atoms. The predicted molar refractivity (Wildman–Crippen MR) is 70.4 cm³/mol. The highest BCUT2D eigenvalue weighted by Gasteiger charge is 1.86. The number of hydrogen-bond donors (Lipinski definition) is 0. The van der Waals surface area contributed by atoms with Crippen molar-refractivity contribution in [3.63, 3.8) is 0 Å². The molecule has 0 aromatic heterocycles. The van der Waals surface area contributed by atoms with Crippen LogP contribution in [0.2, 0.25) is 10.0 Å². The Labute approximate surface area is 109 Å². The van der Waals surface area contributed by atoms with Gasteiger partial charge in [0.1, 0.15) is 0 Å². The second-order valence-electron chi connectivity index (χ2n) is 3.24. The van der Waals surface area contributed by atoms with E-state index in [0.717, 1.165) is 0 Å². The predicted octanol–water partition coefficient (Wildman–Crippen LogP) is 5.70. The lowest BCUT2D eigenvalue weighted by molar-refractivity contribution is 1.19. The summed E-state index contributed by atoms with van der Waals surface area (Å²) in [6, 6.07) is 14.1. The minimum absolute atomic E-state index is 0.665. The van der Waals surface area contributed by atoms with Gasteiger partial charge in [-0.05, 0) is 35.6 Å². The van der Waals surface area contributed by atoms with Crippen LogP contribution >= 0.6 is 23.2 Å². The molecule has 0 aliphatic rings. The van der Waals surface area contributed by atoms with E-state index in [9.17, 15) is 0 Å². The van der Waals surface area contributed by atoms with Crippen LogP contribution in [0.1, 0.15) is 0 Å². The summed E-state index contributed by atoms with van der Waals surface area (Å²) in [6.07, 6.45) is 0. The fourth-order valence-corrected chi connectivity index (χ4v) is 1.39. The maximum Gasteiger partial charge on any atom is 0.0406 e. The van der Waals surface area contributed by atoms with Crippen molar-refractivity contribution in [1.82, 2.24) is 0 Å². The van der Waals surface area contributed by atoms with E-state index in [4.69, 9.17) is 23.2 Å². The molecule has 0 aliphatic heterocycles. The normalized spacial score (nSPS) is 10.7. The van der Waals surface area contributed by atoms with Crippen LogP contribution in [-0.4, -0.2) is 0 Å². The molecule has 0 atom stereocenters. The molecule has 2 rings (SSSR count). The Kier molecular flexibility index (Phi) is 3.96. The van der Waals surface area contributed by atoms with Crippen LogP contribution in [0, 0.1) is 0 Å². The third-order valence-corrected chi connectivity index (χ3v) is 2.48. The topological polar surface area (TPSA) is 38.8 Å². The van der Waals surface area contributed by atoms with Crippen molar-refractivity contribution < 1.29 is 0 Å². The number of nitrogens with zero attached hydrogens (tertiary/aromatic N) is 3. The Bertz CT molecular complexity index is 506. The molecule has 0 heterocycles. The quantitative estimate of drug-likeness (QED) is 0.504. The van der Waals surface area contributed by atoms with Gasteiger partial charge in [0.25, 0.3) is 0 Å². The van der Waals surface area contributed by atoms with Gasteiger partial charge in [0.2, 0.25) is 0 Å². The first-order chi connectivity index (χ1) is 8.24. The van der Waals surface area contributed by atoms with Gasteiger partial charge in [-0.15, -0.1) is 0 Å². The highest BCUT2D eigenvalue weighted by molar-refractivity contribution is 6.30. The highest BCUT2D eigenvalue weighted by Crippen LogP contribution is 2.23. The lowest BCUT2D eigenvalue weighted by atomic mass is 10.3. The number of hydrogen-bond acceptors (Lipinski definition) is 2. The summed E-state index contributed by atoms with van der Waals surface area (Å²) < 4.78 is 0. The average Bonchev–Trinajstić information content (AvgIpc) is 2.34. The Morgan fingerprint density at radius 1 is 0.765 bits per heavy atom. The molecule has 0 unspecified atom stereocenters. The van der Waals surface area contributed by atoms with E-state index in [1.165, 1.54) is 0 Å². The monoisotopic (exact) mass is 264 g/mol. The van der Waals surface area contributed by atoms with E-state index in [1.807, 2.05) is 0 Å². The van der Waals surface area contributed by atoms with Crippen molar-refractivity contribution >= 4 is 34.6 Å². The standard InChI is InChI=1S/C12H8Cl2N3/c13-9-1-5-11(6-2-9)15-17-16-12-7-3-10(14)4-8-12/h1-8H/q-1. The molecule has 2 aromatic carbocycles. The van der Waals surface area contributed by atoms with Gasteiger partial charge in [-0.1, -0.05) is 47.5 Å². The second-order valence-corrected chi connectivity index (χ2v) is 4.12. The zero-order chi connectivity index (χ0) is 12.1. The molecule has 0 saturated carbocycles. The van der Waals surface area contributed by atoms with Crippen LogP contribution < -0.4 is 0 Å². The Morgan fingerprint density at radius 3 is 1.88 bits per heavy atom. The Morgan fingerprint density at radius 2 is 1.29 bits per heavy atom. The van der Waals surface area contributed by atoms with Gasteiger partial charge in [0, 0.05) is 10.0 Å². The summed E-state index contributed by atoms with van der Waals surface area (Å²) in [6.45, 7) is 0. The fourth-order valence-electron chi connectivity index (χ4n) is 1.14. The molecular weight excluding hydrogens is 257 g/mol. The van der Waals surface area contributed by atoms with E-state index in [0.29, 0.717) is 21.4 Å². The van der Waals surface area contributed by atoms with E-state index in [2.05, 4.69) is 15.8 Å². The molecule has 2 aromatic rings. The van der Waals surface area contributed by atoms with Crippen LogP contribution in [-0.2, 0) is 0 Å². The smallest absolute Gasteiger partial charge is 0.0406 e. The summed E-state index contributed by atoms with van der Waals surface area (Å²) in [4.78, 5) is 0. The third kappa shape index (κ3) is 3.73. The summed E-state index contributed by atoms with van der Waals surface area (Å²) in [5.41, 5.74) is 5.33. The van der Waals surface area contributed by atoms with Crippen LogP contribution in [0.5, 0.6) is 0 Å². The van der Waals surface area contributed by atoms with E-state index < -0.39 is 0 Å². The molecule has 5 heteroatoms. The van der Waals surface area contributed by atoms with Gasteiger partial charge in [-0.2, -0.15) is 0 Å². The Hall–Kier alpha value is -1.58. The second kappa shape index (κ2) is 5.66. The fraction of sp³-hybridized carbons (Fsp3) is 0. The number of rotatable bonds is 3. The van der Waals surface area contributed by atoms with Crippen molar-refractivity contribution in [3.8, 4) is 0 Å². The van der Waals surface area contributed by atoms with Crippen molar-refractivity contribution in [2.24, 2.45) is 10.3 Å². The lowest BCUT2D eigenvalue weighted by Crippen LogP contribution is -1.66. The van der Waals surface area contributed by atoms with E-state index >= 15 is 0 Å². The maximum atomic E-state index is 5.75. The SMILES string of the molecule is Clc1ccc(N=N[N-]c2ccc(Cl)cc2)cc1. The van der Waals surface area contributed by atoms with Crippen LogP contribution in [0.4, 0.5) is 11.4 Å². The van der Waals surface area contributed by atoms with Gasteiger partial charge in [-0.3, -0.25) is 5.22 Å². The number of halogens is 2. The molecule has 0 fully saturated rings. The molecule has 0 radical (unpaired) electrons. The molecule has 0 bridgehead atoms. The molecule has 0 N–H and O–H groups in total. The summed E-state index contributed by atoms with van der Waals surface area (Å²) >= 11 is 11.5. The summed E-state index contributed by atoms with van der Waals surface area (Å²) in [5, 5.41) is 9.00. The third-order valence-electron chi connectivity index (χ3n) is 1.97. The molecule has 0 saturated heterocycles. The largest absolute Gasteiger partial charge is 0.350 e. The first-order valence-electron chi connectivity index (χ1n) is 4.87. The Balaban J connectivity index is 1.97. The number of benzene rings is 2. The minimum atomic E-state index is 0.665. The van der Waals surface area contributed by atoms with E-state index in [-0.39, 0.29) is 0 Å². The average molecular weight is 265 g/mol. The molecule has 0 spiro atoms. The molecular formula is C12H8Cl2N3-. The van der Waals surface area contributed by atoms with Crippen LogP contribution in [0.25, 0.3) is 5.43 Å². The van der Waals surface area contributed by atoms with Crippen molar-refractivity contribution in [2.45, 2.75) is 0 Å².